The fourth-order valence-electron chi connectivity index (χ4n) is 5.79. The third kappa shape index (κ3) is 4.06. The summed E-state index contributed by atoms with van der Waals surface area (Å²) in [6.45, 7) is 4.66. The maximum atomic E-state index is 4.98. The number of rotatable bonds is 4. The van der Waals surface area contributed by atoms with Gasteiger partial charge in [0.2, 0.25) is 0 Å². The molecule has 5 aromatic carbocycles. The van der Waals surface area contributed by atoms with Crippen LogP contribution in [0.15, 0.2) is 133 Å². The second kappa shape index (κ2) is 9.18. The molecule has 2 nitrogen and oxygen atoms in total. The lowest BCUT2D eigenvalue weighted by atomic mass is 9.81. The Morgan fingerprint density at radius 1 is 0.410 bits per heavy atom. The minimum atomic E-state index is -0.00941. The smallest absolute Gasteiger partial charge is 0.160 e. The van der Waals surface area contributed by atoms with Gasteiger partial charge in [-0.25, -0.2) is 9.97 Å². The maximum absolute atomic E-state index is 4.98. The minimum Gasteiger partial charge on any atom is -0.228 e. The zero-order valence-electron chi connectivity index (χ0n) is 22.1. The van der Waals surface area contributed by atoms with Gasteiger partial charge in [-0.05, 0) is 45.5 Å². The molecule has 186 valence electrons. The molecule has 0 fully saturated rings. The van der Waals surface area contributed by atoms with Crippen molar-refractivity contribution in [1.29, 1.82) is 0 Å². The predicted molar refractivity (Wildman–Crippen MR) is 161 cm³/mol. The van der Waals surface area contributed by atoms with Gasteiger partial charge < -0.3 is 0 Å². The van der Waals surface area contributed by atoms with E-state index in [0.717, 1.165) is 33.9 Å². The average Bonchev–Trinajstić information content (AvgIpc) is 3.24. The second-order valence-electron chi connectivity index (χ2n) is 10.7. The summed E-state index contributed by atoms with van der Waals surface area (Å²) in [7, 11) is 0. The summed E-state index contributed by atoms with van der Waals surface area (Å²) < 4.78 is 0. The van der Waals surface area contributed by atoms with Crippen LogP contribution in [-0.2, 0) is 5.41 Å². The van der Waals surface area contributed by atoms with E-state index in [9.17, 15) is 0 Å². The molecular formula is C37H28N2. The van der Waals surface area contributed by atoms with Gasteiger partial charge in [0, 0.05) is 22.1 Å². The Balaban J connectivity index is 1.28. The fraction of sp³-hybridized carbons (Fsp3) is 0.0811. The molecule has 0 saturated heterocycles. The number of hydrogen-bond donors (Lipinski definition) is 0. The predicted octanol–water partition coefficient (Wildman–Crippen LogP) is 9.45. The molecule has 0 atom stereocenters. The van der Waals surface area contributed by atoms with Crippen LogP contribution in [0.5, 0.6) is 0 Å². The van der Waals surface area contributed by atoms with Crippen LogP contribution < -0.4 is 0 Å². The lowest BCUT2D eigenvalue weighted by Gasteiger charge is -2.22. The number of hydrogen-bond acceptors (Lipinski definition) is 2. The van der Waals surface area contributed by atoms with Crippen LogP contribution in [-0.4, -0.2) is 9.97 Å². The molecular weight excluding hydrogens is 472 g/mol. The molecule has 0 spiro atoms. The van der Waals surface area contributed by atoms with Crippen LogP contribution in [0.1, 0.15) is 25.0 Å². The van der Waals surface area contributed by atoms with Crippen LogP contribution in [0.2, 0.25) is 0 Å². The summed E-state index contributed by atoms with van der Waals surface area (Å²) in [5, 5.41) is 0. The van der Waals surface area contributed by atoms with Crippen LogP contribution in [0, 0.1) is 0 Å². The molecule has 7 rings (SSSR count). The quantitative estimate of drug-likeness (QED) is 0.241. The molecule has 1 aromatic heterocycles. The van der Waals surface area contributed by atoms with Crippen molar-refractivity contribution in [1.82, 2.24) is 9.97 Å². The number of aromatic nitrogens is 2. The Labute approximate surface area is 229 Å². The van der Waals surface area contributed by atoms with Crippen molar-refractivity contribution < 1.29 is 0 Å². The molecule has 0 saturated carbocycles. The van der Waals surface area contributed by atoms with Gasteiger partial charge in [-0.15, -0.1) is 0 Å². The van der Waals surface area contributed by atoms with Crippen LogP contribution >= 0.6 is 0 Å². The van der Waals surface area contributed by atoms with Crippen molar-refractivity contribution >= 4 is 0 Å². The Bertz CT molecular complexity index is 1740. The summed E-state index contributed by atoms with van der Waals surface area (Å²) in [5.74, 6) is 0.733. The van der Waals surface area contributed by atoms with Crippen molar-refractivity contribution in [3.63, 3.8) is 0 Å². The van der Waals surface area contributed by atoms with Crippen molar-refractivity contribution in [3.8, 4) is 56.2 Å². The van der Waals surface area contributed by atoms with Gasteiger partial charge in [0.05, 0.1) is 11.4 Å². The van der Waals surface area contributed by atoms with Gasteiger partial charge in [0.15, 0.2) is 5.82 Å². The Hall–Kier alpha value is -4.82. The highest BCUT2D eigenvalue weighted by atomic mass is 14.9. The van der Waals surface area contributed by atoms with Crippen molar-refractivity contribution in [2.24, 2.45) is 0 Å². The van der Waals surface area contributed by atoms with Crippen molar-refractivity contribution in [2.45, 2.75) is 19.3 Å². The molecule has 0 amide bonds. The van der Waals surface area contributed by atoms with Crippen molar-refractivity contribution in [2.75, 3.05) is 0 Å². The SMILES string of the molecule is CC1(C)c2ccccc2-c2ccc(-c3ccc(-c4cc(-c5ccccc5)nc(-c5ccccc5)n4)cc3)cc21. The lowest BCUT2D eigenvalue weighted by Crippen LogP contribution is -2.14. The highest BCUT2D eigenvalue weighted by molar-refractivity contribution is 5.84. The number of fused-ring (bicyclic) bond motifs is 3. The topological polar surface area (TPSA) is 25.8 Å². The van der Waals surface area contributed by atoms with E-state index >= 15 is 0 Å². The molecule has 0 aliphatic heterocycles. The summed E-state index contributed by atoms with van der Waals surface area (Å²) in [6, 6.07) is 47.0. The summed E-state index contributed by atoms with van der Waals surface area (Å²) in [6.07, 6.45) is 0. The van der Waals surface area contributed by atoms with Gasteiger partial charge in [-0.3, -0.25) is 0 Å². The first-order valence-electron chi connectivity index (χ1n) is 13.4. The Morgan fingerprint density at radius 2 is 0.923 bits per heavy atom. The van der Waals surface area contributed by atoms with Gasteiger partial charge in [-0.2, -0.15) is 0 Å². The summed E-state index contributed by atoms with van der Waals surface area (Å²) in [5.41, 5.74) is 12.9. The summed E-state index contributed by atoms with van der Waals surface area (Å²) in [4.78, 5) is 9.90. The van der Waals surface area contributed by atoms with Gasteiger partial charge in [-0.1, -0.05) is 135 Å². The van der Waals surface area contributed by atoms with E-state index in [0.29, 0.717) is 0 Å². The fourth-order valence-corrected chi connectivity index (χ4v) is 5.79. The Kier molecular flexibility index (Phi) is 5.49. The normalized spacial score (nSPS) is 13.1. The monoisotopic (exact) mass is 500 g/mol. The van der Waals surface area contributed by atoms with E-state index in [1.165, 1.54) is 33.4 Å². The standard InChI is InChI=1S/C37H28N2/c1-37(2)32-16-10-9-15-30(32)31-22-21-29(23-33(31)37)25-17-19-27(20-18-25)35-24-34(26-11-5-3-6-12-26)38-36(39-35)28-13-7-4-8-14-28/h3-24H,1-2H3. The molecule has 0 N–H and O–H groups in total. The lowest BCUT2D eigenvalue weighted by molar-refractivity contribution is 0.660. The molecule has 1 aliphatic rings. The van der Waals surface area contributed by atoms with E-state index in [1.54, 1.807) is 0 Å². The van der Waals surface area contributed by atoms with E-state index < -0.39 is 0 Å². The molecule has 0 bridgehead atoms. The van der Waals surface area contributed by atoms with Crippen LogP contribution in [0.25, 0.3) is 56.2 Å². The third-order valence-electron chi connectivity index (χ3n) is 7.93. The molecule has 39 heavy (non-hydrogen) atoms. The van der Waals surface area contributed by atoms with Crippen molar-refractivity contribution in [3.05, 3.63) is 145 Å². The zero-order chi connectivity index (χ0) is 26.4. The first-order valence-corrected chi connectivity index (χ1v) is 13.4. The molecule has 0 unspecified atom stereocenters. The van der Waals surface area contributed by atoms with E-state index in [-0.39, 0.29) is 5.41 Å². The highest BCUT2D eigenvalue weighted by Gasteiger charge is 2.35. The first kappa shape index (κ1) is 23.3. The summed E-state index contributed by atoms with van der Waals surface area (Å²) >= 11 is 0. The molecule has 1 heterocycles. The largest absolute Gasteiger partial charge is 0.228 e. The maximum Gasteiger partial charge on any atom is 0.160 e. The average molecular weight is 501 g/mol. The van der Waals surface area contributed by atoms with Gasteiger partial charge >= 0.3 is 0 Å². The van der Waals surface area contributed by atoms with Gasteiger partial charge in [0.1, 0.15) is 0 Å². The van der Waals surface area contributed by atoms with Crippen LogP contribution in [0.4, 0.5) is 0 Å². The molecule has 2 heteroatoms. The minimum absolute atomic E-state index is 0.00941. The Morgan fingerprint density at radius 3 is 1.62 bits per heavy atom. The van der Waals surface area contributed by atoms with E-state index in [2.05, 4.69) is 111 Å². The van der Waals surface area contributed by atoms with Crippen LogP contribution in [0.3, 0.4) is 0 Å². The highest BCUT2D eigenvalue weighted by Crippen LogP contribution is 2.49. The number of benzene rings is 5. The molecule has 6 aromatic rings. The third-order valence-corrected chi connectivity index (χ3v) is 7.93. The number of nitrogens with zero attached hydrogens (tertiary/aromatic N) is 2. The van der Waals surface area contributed by atoms with E-state index in [4.69, 9.17) is 9.97 Å². The zero-order valence-corrected chi connectivity index (χ0v) is 22.1. The van der Waals surface area contributed by atoms with Gasteiger partial charge in [0.25, 0.3) is 0 Å². The molecule has 0 radical (unpaired) electrons. The second-order valence-corrected chi connectivity index (χ2v) is 10.7. The molecule has 1 aliphatic carbocycles. The van der Waals surface area contributed by atoms with E-state index in [1.807, 2.05) is 36.4 Å². The first-order chi connectivity index (χ1) is 19.1.